The Balaban J connectivity index is 2.20. The third kappa shape index (κ3) is 3.53. The van der Waals surface area contributed by atoms with E-state index in [0.29, 0.717) is 6.42 Å². The van der Waals surface area contributed by atoms with Crippen LogP contribution in [0.1, 0.15) is 50.5 Å². The largest absolute Gasteiger partial charge is 0.497 e. The lowest BCUT2D eigenvalue weighted by atomic mass is 9.72. The van der Waals surface area contributed by atoms with Crippen LogP contribution in [0.5, 0.6) is 5.75 Å². The Morgan fingerprint density at radius 1 is 1.20 bits per heavy atom. The molecule has 1 aromatic carbocycles. The second-order valence-corrected chi connectivity index (χ2v) is 5.88. The van der Waals surface area contributed by atoms with Gasteiger partial charge in [0.25, 0.3) is 0 Å². The number of hydrogen-bond donors (Lipinski definition) is 1. The number of ether oxygens (including phenoxy) is 1. The third-order valence-corrected chi connectivity index (χ3v) is 4.44. The molecule has 0 saturated heterocycles. The molecule has 1 aliphatic carbocycles. The highest BCUT2D eigenvalue weighted by Gasteiger charge is 2.38. The summed E-state index contributed by atoms with van der Waals surface area (Å²) >= 11 is 0. The van der Waals surface area contributed by atoms with E-state index in [0.717, 1.165) is 49.8 Å². The van der Waals surface area contributed by atoms with E-state index in [1.165, 1.54) is 6.42 Å². The summed E-state index contributed by atoms with van der Waals surface area (Å²) in [5.41, 5.74) is 0.472. The van der Waals surface area contributed by atoms with Crippen LogP contribution < -0.4 is 4.74 Å². The molecule has 0 aliphatic heterocycles. The van der Waals surface area contributed by atoms with E-state index in [1.807, 2.05) is 24.3 Å². The van der Waals surface area contributed by atoms with Crippen LogP contribution in [0.25, 0.3) is 0 Å². The molecule has 0 spiro atoms. The first kappa shape index (κ1) is 14.9. The highest BCUT2D eigenvalue weighted by molar-refractivity contribution is 5.75. The van der Waals surface area contributed by atoms with Crippen molar-refractivity contribution < 1.29 is 14.6 Å². The molecule has 0 radical (unpaired) electrons. The average Bonchev–Trinajstić information content (AvgIpc) is 2.42. The van der Waals surface area contributed by atoms with Crippen LogP contribution in [0.15, 0.2) is 24.3 Å². The molecule has 3 nitrogen and oxygen atoms in total. The van der Waals surface area contributed by atoms with E-state index in [9.17, 15) is 9.90 Å². The number of aliphatic carboxylic acids is 1. The summed E-state index contributed by atoms with van der Waals surface area (Å²) in [5.74, 6) is 0.163. The predicted molar refractivity (Wildman–Crippen MR) is 79.1 cm³/mol. The van der Waals surface area contributed by atoms with E-state index < -0.39 is 11.4 Å². The topological polar surface area (TPSA) is 46.5 Å². The van der Waals surface area contributed by atoms with Gasteiger partial charge in [-0.05, 0) is 37.0 Å². The van der Waals surface area contributed by atoms with Crippen LogP contribution >= 0.6 is 0 Å². The molecule has 0 atom stereocenters. The van der Waals surface area contributed by atoms with Crippen molar-refractivity contribution >= 4 is 5.97 Å². The highest BCUT2D eigenvalue weighted by atomic mass is 16.5. The first-order valence-corrected chi connectivity index (χ1v) is 7.53. The van der Waals surface area contributed by atoms with Gasteiger partial charge in [0.15, 0.2) is 0 Å². The van der Waals surface area contributed by atoms with Gasteiger partial charge < -0.3 is 9.84 Å². The number of carbonyl (C=O) groups is 1. The van der Waals surface area contributed by atoms with E-state index in [2.05, 4.69) is 0 Å². The molecule has 1 aliphatic rings. The normalized spacial score (nSPS) is 18.9. The lowest BCUT2D eigenvalue weighted by Crippen LogP contribution is -2.34. The van der Waals surface area contributed by atoms with E-state index in [-0.39, 0.29) is 0 Å². The summed E-state index contributed by atoms with van der Waals surface area (Å²) in [5, 5.41) is 9.76. The van der Waals surface area contributed by atoms with Crippen LogP contribution in [0.3, 0.4) is 0 Å². The summed E-state index contributed by atoms with van der Waals surface area (Å²) in [6.45, 7) is 0. The Morgan fingerprint density at radius 3 is 2.45 bits per heavy atom. The van der Waals surface area contributed by atoms with Crippen LogP contribution in [0.4, 0.5) is 0 Å². The number of methoxy groups -OCH3 is 1. The molecule has 1 saturated carbocycles. The van der Waals surface area contributed by atoms with Gasteiger partial charge in [-0.25, -0.2) is 0 Å². The van der Waals surface area contributed by atoms with Gasteiger partial charge in [0.1, 0.15) is 5.75 Å². The highest BCUT2D eigenvalue weighted by Crippen LogP contribution is 2.38. The second kappa shape index (κ2) is 6.78. The molecular weight excluding hydrogens is 252 g/mol. The first-order chi connectivity index (χ1) is 9.66. The van der Waals surface area contributed by atoms with Crippen molar-refractivity contribution in [3.8, 4) is 5.75 Å². The van der Waals surface area contributed by atoms with Crippen molar-refractivity contribution in [2.24, 2.45) is 5.41 Å². The molecule has 1 N–H and O–H groups in total. The fourth-order valence-corrected chi connectivity index (χ4v) is 3.22. The molecule has 0 amide bonds. The molecule has 2 rings (SSSR count). The van der Waals surface area contributed by atoms with Crippen molar-refractivity contribution in [3.05, 3.63) is 29.8 Å². The van der Waals surface area contributed by atoms with Gasteiger partial charge in [0.2, 0.25) is 0 Å². The number of rotatable bonds is 4. The lowest BCUT2D eigenvalue weighted by molar-refractivity contribution is -0.150. The van der Waals surface area contributed by atoms with Crippen molar-refractivity contribution in [1.82, 2.24) is 0 Å². The van der Waals surface area contributed by atoms with Crippen LogP contribution in [-0.2, 0) is 11.2 Å². The van der Waals surface area contributed by atoms with E-state index >= 15 is 0 Å². The summed E-state index contributed by atoms with van der Waals surface area (Å²) in [6.07, 6.45) is 7.81. The number of carboxylic acids is 1. The van der Waals surface area contributed by atoms with Gasteiger partial charge in [-0.1, -0.05) is 44.2 Å². The minimum Gasteiger partial charge on any atom is -0.497 e. The van der Waals surface area contributed by atoms with Crippen molar-refractivity contribution in [3.63, 3.8) is 0 Å². The summed E-state index contributed by atoms with van der Waals surface area (Å²) in [7, 11) is 1.64. The summed E-state index contributed by atoms with van der Waals surface area (Å²) in [4.78, 5) is 11.9. The number of hydrogen-bond acceptors (Lipinski definition) is 2. The number of benzene rings is 1. The van der Waals surface area contributed by atoms with Gasteiger partial charge in [-0.2, -0.15) is 0 Å². The summed E-state index contributed by atoms with van der Waals surface area (Å²) in [6, 6.07) is 7.80. The lowest BCUT2D eigenvalue weighted by Gasteiger charge is -2.31. The Bertz CT molecular complexity index is 445. The minimum atomic E-state index is -0.637. The van der Waals surface area contributed by atoms with Gasteiger partial charge in [0, 0.05) is 0 Å². The Kier molecular flexibility index (Phi) is 5.05. The van der Waals surface area contributed by atoms with Crippen LogP contribution in [0, 0.1) is 5.41 Å². The van der Waals surface area contributed by atoms with Crippen molar-refractivity contribution in [1.29, 1.82) is 0 Å². The molecular formula is C17H24O3. The van der Waals surface area contributed by atoms with Gasteiger partial charge in [-0.15, -0.1) is 0 Å². The second-order valence-electron chi connectivity index (χ2n) is 5.88. The molecule has 110 valence electrons. The van der Waals surface area contributed by atoms with E-state index in [1.54, 1.807) is 7.11 Å². The molecule has 0 bridgehead atoms. The molecule has 0 aromatic heterocycles. The Morgan fingerprint density at radius 2 is 1.85 bits per heavy atom. The van der Waals surface area contributed by atoms with Crippen molar-refractivity contribution in [2.75, 3.05) is 7.11 Å². The maximum Gasteiger partial charge on any atom is 0.309 e. The molecule has 1 aromatic rings. The average molecular weight is 276 g/mol. The predicted octanol–water partition coefficient (Wildman–Crippen LogP) is 4.05. The van der Waals surface area contributed by atoms with Gasteiger partial charge in [-0.3, -0.25) is 4.79 Å². The first-order valence-electron chi connectivity index (χ1n) is 7.53. The Hall–Kier alpha value is -1.51. The number of carboxylic acid groups (broad SMARTS) is 1. The fraction of sp³-hybridized carbons (Fsp3) is 0.588. The zero-order valence-electron chi connectivity index (χ0n) is 12.2. The van der Waals surface area contributed by atoms with Gasteiger partial charge in [0.05, 0.1) is 12.5 Å². The fourth-order valence-electron chi connectivity index (χ4n) is 3.22. The quantitative estimate of drug-likeness (QED) is 0.902. The molecule has 3 heteroatoms. The van der Waals surface area contributed by atoms with E-state index in [4.69, 9.17) is 4.74 Å². The van der Waals surface area contributed by atoms with Crippen LogP contribution in [-0.4, -0.2) is 18.2 Å². The molecule has 20 heavy (non-hydrogen) atoms. The maximum absolute atomic E-state index is 11.9. The Labute approximate surface area is 121 Å². The van der Waals surface area contributed by atoms with Crippen LogP contribution in [0.2, 0.25) is 0 Å². The summed E-state index contributed by atoms with van der Waals surface area (Å²) < 4.78 is 5.23. The maximum atomic E-state index is 11.9. The zero-order valence-corrected chi connectivity index (χ0v) is 12.2. The SMILES string of the molecule is COc1cccc(CC2(C(=O)O)CCCCCCC2)c1. The minimum absolute atomic E-state index is 0.590. The smallest absolute Gasteiger partial charge is 0.309 e. The van der Waals surface area contributed by atoms with Gasteiger partial charge >= 0.3 is 5.97 Å². The molecule has 0 unspecified atom stereocenters. The molecule has 1 fully saturated rings. The standard InChI is InChI=1S/C17H24O3/c1-20-15-9-7-8-14(12-15)13-17(16(18)19)10-5-3-2-4-6-11-17/h7-9,12H,2-6,10-11,13H2,1H3,(H,18,19). The third-order valence-electron chi connectivity index (χ3n) is 4.44. The monoisotopic (exact) mass is 276 g/mol. The van der Waals surface area contributed by atoms with Crippen molar-refractivity contribution in [2.45, 2.75) is 51.4 Å². The zero-order chi connectivity index (χ0) is 14.4. The molecule has 0 heterocycles.